The van der Waals surface area contributed by atoms with E-state index in [1.165, 1.54) is 6.20 Å². The van der Waals surface area contributed by atoms with Crippen molar-refractivity contribution in [3.63, 3.8) is 0 Å². The van der Waals surface area contributed by atoms with Gasteiger partial charge in [0.15, 0.2) is 5.82 Å². The maximum atomic E-state index is 6.02. The lowest BCUT2D eigenvalue weighted by atomic mass is 10.1. The average Bonchev–Trinajstić information content (AvgIpc) is 2.92. The fourth-order valence-electron chi connectivity index (χ4n) is 2.03. The number of nitrogens with one attached hydrogen (secondary N) is 2. The van der Waals surface area contributed by atoms with Crippen LogP contribution in [0.3, 0.4) is 0 Å². The smallest absolute Gasteiger partial charge is 0.160 e. The Morgan fingerprint density at radius 1 is 1.33 bits per heavy atom. The molecular weight excluding hydrogens is 266 g/mol. The molecule has 0 saturated carbocycles. The van der Waals surface area contributed by atoms with Gasteiger partial charge in [0.1, 0.15) is 0 Å². The quantitative estimate of drug-likeness (QED) is 0.673. The number of nitrogens with zero attached hydrogens (tertiary/aromatic N) is 4. The predicted octanol–water partition coefficient (Wildman–Crippen LogP) is 1.76. The molecule has 0 radical (unpaired) electrons. The van der Waals surface area contributed by atoms with Crippen LogP contribution < -0.4 is 11.1 Å². The van der Waals surface area contributed by atoms with Crippen molar-refractivity contribution in [1.82, 2.24) is 25.4 Å². The van der Waals surface area contributed by atoms with Crippen LogP contribution in [-0.2, 0) is 6.54 Å². The number of H-pyrrole nitrogens is 1. The Bertz CT molecular complexity index is 736. The topological polar surface area (TPSA) is 105 Å². The third-order valence-electron chi connectivity index (χ3n) is 3.02. The molecule has 0 bridgehead atoms. The molecule has 106 valence electrons. The highest BCUT2D eigenvalue weighted by Crippen LogP contribution is 2.30. The molecular formula is C14H15N7. The standard InChI is InChI=1S/C14H15N7/c1-9-5-12(20-19-9)13-11(15)8-18-21-14(13)17-7-10-3-2-4-16-6-10/h2-6,8H,7H2,1H3,(H,19,20)(H3,15,17,21). The molecule has 3 aromatic rings. The molecule has 0 aliphatic heterocycles. The van der Waals surface area contributed by atoms with Crippen molar-refractivity contribution in [1.29, 1.82) is 0 Å². The molecule has 21 heavy (non-hydrogen) atoms. The largest absolute Gasteiger partial charge is 0.397 e. The molecule has 0 spiro atoms. The number of nitrogens with two attached hydrogens (primary N) is 1. The molecule has 0 amide bonds. The van der Waals surface area contributed by atoms with Crippen molar-refractivity contribution in [3.05, 3.63) is 48.0 Å². The van der Waals surface area contributed by atoms with E-state index < -0.39 is 0 Å². The highest BCUT2D eigenvalue weighted by molar-refractivity contribution is 5.82. The second-order valence-corrected chi connectivity index (χ2v) is 4.67. The van der Waals surface area contributed by atoms with E-state index in [1.807, 2.05) is 25.1 Å². The monoisotopic (exact) mass is 281 g/mol. The van der Waals surface area contributed by atoms with Crippen molar-refractivity contribution >= 4 is 11.5 Å². The summed E-state index contributed by atoms with van der Waals surface area (Å²) in [6, 6.07) is 5.79. The highest BCUT2D eigenvalue weighted by atomic mass is 15.2. The van der Waals surface area contributed by atoms with Gasteiger partial charge in [-0.2, -0.15) is 10.2 Å². The lowest BCUT2D eigenvalue weighted by molar-refractivity contribution is 0.994. The van der Waals surface area contributed by atoms with Gasteiger partial charge in [-0.05, 0) is 24.6 Å². The maximum absolute atomic E-state index is 6.02. The van der Waals surface area contributed by atoms with Crippen molar-refractivity contribution in [2.24, 2.45) is 0 Å². The van der Waals surface area contributed by atoms with Gasteiger partial charge in [0, 0.05) is 24.6 Å². The number of rotatable bonds is 4. The number of aromatic amines is 1. The minimum atomic E-state index is 0.533. The summed E-state index contributed by atoms with van der Waals surface area (Å²) < 4.78 is 0. The molecule has 0 atom stereocenters. The van der Waals surface area contributed by atoms with Crippen molar-refractivity contribution in [3.8, 4) is 11.3 Å². The Kier molecular flexibility index (Phi) is 3.46. The first-order valence-corrected chi connectivity index (χ1v) is 6.50. The number of aromatic nitrogens is 5. The Hall–Kier alpha value is -2.96. The minimum absolute atomic E-state index is 0.533. The Morgan fingerprint density at radius 3 is 2.95 bits per heavy atom. The summed E-state index contributed by atoms with van der Waals surface area (Å²) in [4.78, 5) is 4.08. The minimum Gasteiger partial charge on any atom is -0.397 e. The Labute approximate surface area is 121 Å². The first-order valence-electron chi connectivity index (χ1n) is 6.50. The summed E-state index contributed by atoms with van der Waals surface area (Å²) >= 11 is 0. The molecule has 4 N–H and O–H groups in total. The van der Waals surface area contributed by atoms with Crippen molar-refractivity contribution in [2.75, 3.05) is 11.1 Å². The Balaban J connectivity index is 1.90. The molecule has 3 aromatic heterocycles. The van der Waals surface area contributed by atoms with Gasteiger partial charge < -0.3 is 11.1 Å². The van der Waals surface area contributed by atoms with E-state index in [9.17, 15) is 0 Å². The zero-order valence-electron chi connectivity index (χ0n) is 11.5. The molecule has 3 heterocycles. The SMILES string of the molecule is Cc1cc(-c2c(N)cnnc2NCc2cccnc2)n[nH]1. The van der Waals surface area contributed by atoms with Crippen LogP contribution >= 0.6 is 0 Å². The van der Waals surface area contributed by atoms with Gasteiger partial charge in [-0.15, -0.1) is 5.10 Å². The normalized spacial score (nSPS) is 10.5. The van der Waals surface area contributed by atoms with Crippen LogP contribution in [0, 0.1) is 6.92 Å². The molecule has 3 rings (SSSR count). The average molecular weight is 281 g/mol. The summed E-state index contributed by atoms with van der Waals surface area (Å²) in [5.74, 6) is 0.602. The second kappa shape index (κ2) is 5.58. The van der Waals surface area contributed by atoms with Crippen LogP contribution in [0.15, 0.2) is 36.8 Å². The third-order valence-corrected chi connectivity index (χ3v) is 3.02. The number of nitrogen functional groups attached to an aromatic ring is 1. The molecule has 0 saturated heterocycles. The van der Waals surface area contributed by atoms with E-state index in [1.54, 1.807) is 12.4 Å². The van der Waals surface area contributed by atoms with Crippen LogP contribution in [0.25, 0.3) is 11.3 Å². The molecule has 0 fully saturated rings. The van der Waals surface area contributed by atoms with Crippen LogP contribution in [0.4, 0.5) is 11.5 Å². The van der Waals surface area contributed by atoms with Crippen molar-refractivity contribution in [2.45, 2.75) is 13.5 Å². The van der Waals surface area contributed by atoms with E-state index >= 15 is 0 Å². The first-order chi connectivity index (χ1) is 10.2. The first kappa shape index (κ1) is 13.0. The van der Waals surface area contributed by atoms with E-state index in [-0.39, 0.29) is 0 Å². The van der Waals surface area contributed by atoms with E-state index in [4.69, 9.17) is 5.73 Å². The van der Waals surface area contributed by atoms with Gasteiger partial charge in [0.05, 0.1) is 23.1 Å². The van der Waals surface area contributed by atoms with Gasteiger partial charge in [0.25, 0.3) is 0 Å². The molecule has 0 unspecified atom stereocenters. The number of hydrogen-bond donors (Lipinski definition) is 3. The Morgan fingerprint density at radius 2 is 2.24 bits per heavy atom. The molecule has 0 aliphatic rings. The summed E-state index contributed by atoms with van der Waals surface area (Å²) in [5, 5.41) is 18.4. The molecule has 7 heteroatoms. The number of pyridine rings is 1. The zero-order valence-corrected chi connectivity index (χ0v) is 11.5. The van der Waals surface area contributed by atoms with Gasteiger partial charge in [0.2, 0.25) is 0 Å². The third kappa shape index (κ3) is 2.81. The number of anilines is 2. The lowest BCUT2D eigenvalue weighted by Crippen LogP contribution is -2.06. The molecule has 7 nitrogen and oxygen atoms in total. The molecule has 0 aromatic carbocycles. The summed E-state index contributed by atoms with van der Waals surface area (Å²) in [7, 11) is 0. The highest BCUT2D eigenvalue weighted by Gasteiger charge is 2.14. The predicted molar refractivity (Wildman–Crippen MR) is 80.3 cm³/mol. The number of hydrogen-bond acceptors (Lipinski definition) is 6. The summed E-state index contributed by atoms with van der Waals surface area (Å²) in [5.41, 5.74) is 10.1. The van der Waals surface area contributed by atoms with Gasteiger partial charge in [-0.25, -0.2) is 0 Å². The maximum Gasteiger partial charge on any atom is 0.160 e. The molecule has 0 aliphatic carbocycles. The fraction of sp³-hybridized carbons (Fsp3) is 0.143. The van der Waals surface area contributed by atoms with Gasteiger partial charge >= 0.3 is 0 Å². The van der Waals surface area contributed by atoms with Crippen LogP contribution in [0.5, 0.6) is 0 Å². The second-order valence-electron chi connectivity index (χ2n) is 4.67. The van der Waals surface area contributed by atoms with E-state index in [2.05, 4.69) is 30.7 Å². The lowest BCUT2D eigenvalue weighted by Gasteiger charge is -2.10. The zero-order chi connectivity index (χ0) is 14.7. The van der Waals surface area contributed by atoms with Crippen LogP contribution in [0.1, 0.15) is 11.3 Å². The van der Waals surface area contributed by atoms with Crippen LogP contribution in [0.2, 0.25) is 0 Å². The summed E-state index contributed by atoms with van der Waals surface area (Å²) in [6.45, 7) is 2.52. The van der Waals surface area contributed by atoms with Gasteiger partial charge in [-0.1, -0.05) is 6.07 Å². The van der Waals surface area contributed by atoms with Crippen LogP contribution in [-0.4, -0.2) is 25.4 Å². The van der Waals surface area contributed by atoms with Crippen molar-refractivity contribution < 1.29 is 0 Å². The van der Waals surface area contributed by atoms with Gasteiger partial charge in [-0.3, -0.25) is 10.1 Å². The number of aryl methyl sites for hydroxylation is 1. The van der Waals surface area contributed by atoms with E-state index in [0.717, 1.165) is 22.5 Å². The van der Waals surface area contributed by atoms with E-state index in [0.29, 0.717) is 18.1 Å². The summed E-state index contributed by atoms with van der Waals surface area (Å²) in [6.07, 6.45) is 5.06. The fourth-order valence-corrected chi connectivity index (χ4v) is 2.03.